The van der Waals surface area contributed by atoms with Crippen LogP contribution < -0.4 is 10.2 Å². The molecule has 0 spiro atoms. The summed E-state index contributed by atoms with van der Waals surface area (Å²) in [6, 6.07) is 0. The van der Waals surface area contributed by atoms with Gasteiger partial charge in [0.15, 0.2) is 0 Å². The highest BCUT2D eigenvalue weighted by Crippen LogP contribution is 2.12. The number of aromatic nitrogens is 2. The molecule has 1 N–H and O–H groups in total. The number of hydrogen-bond acceptors (Lipinski definition) is 4. The van der Waals surface area contributed by atoms with Crippen molar-refractivity contribution in [3.63, 3.8) is 0 Å². The molecule has 1 unspecified atom stereocenters. The molecule has 4 nitrogen and oxygen atoms in total. The Kier molecular flexibility index (Phi) is 6.93. The van der Waals surface area contributed by atoms with Crippen LogP contribution in [0.3, 0.4) is 0 Å². The maximum atomic E-state index is 4.63. The molecule has 1 rings (SSSR count). The van der Waals surface area contributed by atoms with Gasteiger partial charge in [-0.3, -0.25) is 0 Å². The molecule has 0 amide bonds. The molecule has 20 heavy (non-hydrogen) atoms. The summed E-state index contributed by atoms with van der Waals surface area (Å²) in [4.78, 5) is 11.3. The first-order valence-corrected chi connectivity index (χ1v) is 7.68. The first kappa shape index (κ1) is 16.9. The predicted molar refractivity (Wildman–Crippen MR) is 86.0 cm³/mol. The normalized spacial score (nSPS) is 12.8. The summed E-state index contributed by atoms with van der Waals surface area (Å²) >= 11 is 0. The van der Waals surface area contributed by atoms with Gasteiger partial charge in [0, 0.05) is 37.6 Å². The van der Waals surface area contributed by atoms with Gasteiger partial charge in [0.2, 0.25) is 5.95 Å². The van der Waals surface area contributed by atoms with Gasteiger partial charge in [-0.2, -0.15) is 0 Å². The monoisotopic (exact) mass is 278 g/mol. The highest BCUT2D eigenvalue weighted by Gasteiger charge is 2.10. The Bertz CT molecular complexity index is 403. The summed E-state index contributed by atoms with van der Waals surface area (Å²) in [6.07, 6.45) is 3.14. The predicted octanol–water partition coefficient (Wildman–Crippen LogP) is 3.01. The van der Waals surface area contributed by atoms with E-state index in [0.29, 0.717) is 11.8 Å². The summed E-state index contributed by atoms with van der Waals surface area (Å²) < 4.78 is 0. The Balaban J connectivity index is 2.62. The third-order valence-electron chi connectivity index (χ3n) is 3.56. The van der Waals surface area contributed by atoms with Crippen LogP contribution in [0.5, 0.6) is 0 Å². The maximum Gasteiger partial charge on any atom is 0.225 e. The fraction of sp³-hybridized carbons (Fsp3) is 0.750. The van der Waals surface area contributed by atoms with Crippen molar-refractivity contribution in [1.82, 2.24) is 15.3 Å². The summed E-state index contributed by atoms with van der Waals surface area (Å²) in [6.45, 7) is 13.8. The van der Waals surface area contributed by atoms with Crippen molar-refractivity contribution in [1.29, 1.82) is 0 Å². The number of rotatable bonds is 8. The molecule has 0 saturated heterocycles. The number of nitrogens with one attached hydrogen (secondary N) is 1. The Hall–Kier alpha value is -1.16. The second-order valence-corrected chi connectivity index (χ2v) is 6.20. The summed E-state index contributed by atoms with van der Waals surface area (Å²) in [5.74, 6) is 2.16. The van der Waals surface area contributed by atoms with Gasteiger partial charge in [-0.05, 0) is 25.3 Å². The van der Waals surface area contributed by atoms with Gasteiger partial charge in [-0.15, -0.1) is 0 Å². The molecule has 0 saturated carbocycles. The van der Waals surface area contributed by atoms with E-state index >= 15 is 0 Å². The lowest BCUT2D eigenvalue weighted by Gasteiger charge is -2.21. The highest BCUT2D eigenvalue weighted by molar-refractivity contribution is 5.31. The Labute approximate surface area is 124 Å². The first-order valence-electron chi connectivity index (χ1n) is 7.68. The van der Waals surface area contributed by atoms with Crippen molar-refractivity contribution in [3.8, 4) is 0 Å². The second-order valence-electron chi connectivity index (χ2n) is 6.20. The molecule has 1 aromatic heterocycles. The molecule has 0 aliphatic heterocycles. The van der Waals surface area contributed by atoms with Crippen LogP contribution in [-0.2, 0) is 6.54 Å². The zero-order valence-corrected chi connectivity index (χ0v) is 13.9. The molecule has 1 heterocycles. The lowest BCUT2D eigenvalue weighted by Crippen LogP contribution is -2.26. The van der Waals surface area contributed by atoms with Crippen LogP contribution in [0.2, 0.25) is 0 Å². The lowest BCUT2D eigenvalue weighted by molar-refractivity contribution is 0.547. The quantitative estimate of drug-likeness (QED) is 0.793. The smallest absolute Gasteiger partial charge is 0.225 e. The van der Waals surface area contributed by atoms with Gasteiger partial charge < -0.3 is 10.2 Å². The van der Waals surface area contributed by atoms with Crippen molar-refractivity contribution < 1.29 is 0 Å². The average molecular weight is 278 g/mol. The van der Waals surface area contributed by atoms with Gasteiger partial charge >= 0.3 is 0 Å². The third kappa shape index (κ3) is 5.45. The maximum absolute atomic E-state index is 4.63. The largest absolute Gasteiger partial charge is 0.344 e. The number of anilines is 1. The molecule has 0 fully saturated rings. The molecule has 1 aromatic rings. The zero-order valence-electron chi connectivity index (χ0n) is 13.9. The molecule has 0 aliphatic rings. The van der Waals surface area contributed by atoms with Crippen molar-refractivity contribution in [2.75, 3.05) is 25.0 Å². The van der Waals surface area contributed by atoms with E-state index in [1.807, 2.05) is 6.20 Å². The van der Waals surface area contributed by atoms with Crippen molar-refractivity contribution in [2.45, 2.75) is 47.6 Å². The van der Waals surface area contributed by atoms with Crippen LogP contribution >= 0.6 is 0 Å². The van der Waals surface area contributed by atoms with Crippen molar-refractivity contribution >= 4 is 5.95 Å². The van der Waals surface area contributed by atoms with E-state index in [0.717, 1.165) is 31.3 Å². The average Bonchev–Trinajstić information content (AvgIpc) is 2.39. The van der Waals surface area contributed by atoms with Crippen LogP contribution in [0.1, 0.15) is 45.4 Å². The molecule has 4 heteroatoms. The zero-order chi connectivity index (χ0) is 15.1. The highest BCUT2D eigenvalue weighted by atomic mass is 15.2. The third-order valence-corrected chi connectivity index (χ3v) is 3.56. The molecule has 0 bridgehead atoms. The molecule has 1 atom stereocenters. The van der Waals surface area contributed by atoms with Crippen LogP contribution in [-0.4, -0.2) is 30.1 Å². The fourth-order valence-corrected chi connectivity index (χ4v) is 2.01. The van der Waals surface area contributed by atoms with E-state index < -0.39 is 0 Å². The summed E-state index contributed by atoms with van der Waals surface area (Å²) in [5.41, 5.74) is 2.26. The van der Waals surface area contributed by atoms with E-state index in [1.54, 1.807) is 0 Å². The Morgan fingerprint density at radius 1 is 1.30 bits per heavy atom. The van der Waals surface area contributed by atoms with E-state index in [-0.39, 0.29) is 0 Å². The number of aryl methyl sites for hydroxylation is 1. The summed E-state index contributed by atoms with van der Waals surface area (Å²) in [5, 5.41) is 3.44. The van der Waals surface area contributed by atoms with Gasteiger partial charge in [0.25, 0.3) is 0 Å². The minimum absolute atomic E-state index is 0.663. The van der Waals surface area contributed by atoms with Crippen molar-refractivity contribution in [2.24, 2.45) is 11.8 Å². The van der Waals surface area contributed by atoms with Crippen LogP contribution in [0.4, 0.5) is 5.95 Å². The Morgan fingerprint density at radius 2 is 2.00 bits per heavy atom. The van der Waals surface area contributed by atoms with Gasteiger partial charge in [0.05, 0.1) is 0 Å². The standard InChI is InChI=1S/C16H30N4/c1-7-13(4)11-20(6)16-18-10-15(14(5)19-16)9-17-8-12(2)3/h10,12-13,17H,7-9,11H2,1-6H3. The SMILES string of the molecule is CCC(C)CN(C)c1ncc(CNCC(C)C)c(C)n1. The molecular weight excluding hydrogens is 248 g/mol. The minimum Gasteiger partial charge on any atom is -0.344 e. The molecule has 114 valence electrons. The van der Waals surface area contributed by atoms with Crippen molar-refractivity contribution in [3.05, 3.63) is 17.5 Å². The van der Waals surface area contributed by atoms with Crippen LogP contribution in [0, 0.1) is 18.8 Å². The number of hydrogen-bond donors (Lipinski definition) is 1. The van der Waals surface area contributed by atoms with Crippen LogP contribution in [0.15, 0.2) is 6.20 Å². The van der Waals surface area contributed by atoms with E-state index in [9.17, 15) is 0 Å². The molecular formula is C16H30N4. The molecule has 0 aromatic carbocycles. The van der Waals surface area contributed by atoms with Crippen LogP contribution in [0.25, 0.3) is 0 Å². The van der Waals surface area contributed by atoms with E-state index in [1.165, 1.54) is 12.0 Å². The van der Waals surface area contributed by atoms with E-state index in [2.05, 4.69) is 61.9 Å². The van der Waals surface area contributed by atoms with Gasteiger partial charge in [-0.25, -0.2) is 9.97 Å². The van der Waals surface area contributed by atoms with E-state index in [4.69, 9.17) is 0 Å². The number of nitrogens with zero attached hydrogens (tertiary/aromatic N) is 3. The first-order chi connectivity index (χ1) is 9.43. The fourth-order valence-electron chi connectivity index (χ4n) is 2.01. The minimum atomic E-state index is 0.663. The van der Waals surface area contributed by atoms with Gasteiger partial charge in [-0.1, -0.05) is 34.1 Å². The van der Waals surface area contributed by atoms with Gasteiger partial charge in [0.1, 0.15) is 0 Å². The molecule has 0 aliphatic carbocycles. The second kappa shape index (κ2) is 8.20. The topological polar surface area (TPSA) is 41.1 Å². The Morgan fingerprint density at radius 3 is 2.55 bits per heavy atom. The summed E-state index contributed by atoms with van der Waals surface area (Å²) in [7, 11) is 2.07. The molecule has 0 radical (unpaired) electrons. The lowest BCUT2D eigenvalue weighted by atomic mass is 10.1.